The minimum Gasteiger partial charge on any atom is -0.378 e. The quantitative estimate of drug-likeness (QED) is 0.328. The van der Waals surface area contributed by atoms with Gasteiger partial charge in [0.1, 0.15) is 0 Å². The van der Waals surface area contributed by atoms with Crippen LogP contribution in [0.1, 0.15) is 15.9 Å². The number of hydrogen-bond donors (Lipinski definition) is 3. The second kappa shape index (κ2) is 12.2. The lowest BCUT2D eigenvalue weighted by atomic mass is 10.1. The van der Waals surface area contributed by atoms with Gasteiger partial charge < -0.3 is 25.8 Å². The Labute approximate surface area is 199 Å². The highest BCUT2D eigenvalue weighted by molar-refractivity contribution is 5.97. The van der Waals surface area contributed by atoms with Crippen molar-refractivity contribution in [3.8, 4) is 11.4 Å². The predicted octanol–water partition coefficient (Wildman–Crippen LogP) is 2.36. The fraction of sp³-hybridized carbons (Fsp3) is 0.364. The average Bonchev–Trinajstić information content (AvgIpc) is 3.26. The fourth-order valence-electron chi connectivity index (χ4n) is 3.01. The Hall–Kier alpha value is -3.55. The van der Waals surface area contributed by atoms with Gasteiger partial charge in [-0.1, -0.05) is 0 Å². The Morgan fingerprint density at radius 3 is 2.40 bits per heavy atom. The zero-order chi connectivity index (χ0) is 25.3. The van der Waals surface area contributed by atoms with Crippen LogP contribution in [-0.4, -0.2) is 65.6 Å². The van der Waals surface area contributed by atoms with Crippen molar-refractivity contribution in [3.63, 3.8) is 0 Å². The van der Waals surface area contributed by atoms with Crippen molar-refractivity contribution in [2.24, 2.45) is 12.8 Å². The van der Waals surface area contributed by atoms with E-state index in [1.54, 1.807) is 25.2 Å². The van der Waals surface area contributed by atoms with Gasteiger partial charge in [0.2, 0.25) is 5.82 Å². The van der Waals surface area contributed by atoms with Gasteiger partial charge in [-0.15, -0.1) is 10.2 Å². The molecule has 2 aromatic carbocycles. The Kier molecular flexibility index (Phi) is 9.11. The number of carbonyl (C=O) groups is 1. The van der Waals surface area contributed by atoms with Gasteiger partial charge in [0.05, 0.1) is 39.0 Å². The summed E-state index contributed by atoms with van der Waals surface area (Å²) in [4.78, 5) is 13.9. The van der Waals surface area contributed by atoms with Crippen molar-refractivity contribution in [2.75, 3.05) is 44.8 Å². The first-order valence-corrected chi connectivity index (χ1v) is 10.7. The number of nitrogens with two attached hydrogens (primary N) is 1. The van der Waals surface area contributed by atoms with Crippen LogP contribution in [0.5, 0.6) is 0 Å². The number of tetrazole rings is 1. The van der Waals surface area contributed by atoms with E-state index in [1.807, 2.05) is 0 Å². The van der Waals surface area contributed by atoms with Gasteiger partial charge in [0.25, 0.3) is 5.91 Å². The Balaban J connectivity index is 1.68. The maximum Gasteiger partial charge on any atom is 0.416 e. The zero-order valence-corrected chi connectivity index (χ0v) is 19.0. The highest BCUT2D eigenvalue weighted by Gasteiger charge is 2.30. The van der Waals surface area contributed by atoms with E-state index in [2.05, 4.69) is 26.0 Å². The molecule has 0 aliphatic carbocycles. The monoisotopic (exact) mass is 493 g/mol. The van der Waals surface area contributed by atoms with E-state index < -0.39 is 11.7 Å². The number of anilines is 2. The topological polar surface area (TPSA) is 129 Å². The number of aryl methyl sites for hydroxylation is 1. The van der Waals surface area contributed by atoms with Crippen LogP contribution in [0.3, 0.4) is 0 Å². The van der Waals surface area contributed by atoms with E-state index in [4.69, 9.17) is 15.2 Å². The van der Waals surface area contributed by atoms with Crippen molar-refractivity contribution in [1.82, 2.24) is 25.5 Å². The number of carbonyl (C=O) groups excluding carboxylic acids is 1. The summed E-state index contributed by atoms with van der Waals surface area (Å²) in [6, 6.07) is 9.40. The van der Waals surface area contributed by atoms with Crippen LogP contribution in [0.15, 0.2) is 42.5 Å². The normalized spacial score (nSPS) is 11.5. The summed E-state index contributed by atoms with van der Waals surface area (Å²) in [7, 11) is 1.59. The lowest BCUT2D eigenvalue weighted by Gasteiger charge is -2.13. The van der Waals surface area contributed by atoms with E-state index >= 15 is 0 Å². The first kappa shape index (κ1) is 26.1. The summed E-state index contributed by atoms with van der Waals surface area (Å²) in [5.74, 6) is -0.0865. The SMILES string of the molecule is Cn1nnc(-c2cc(C(=O)NCCOCCOCCN)ccc2Nc2ccc(C(F)(F)F)cc2)n1. The summed E-state index contributed by atoms with van der Waals surface area (Å²) in [6.45, 7) is 2.33. The molecule has 0 spiro atoms. The number of alkyl halides is 3. The molecule has 1 heterocycles. The lowest BCUT2D eigenvalue weighted by Crippen LogP contribution is -2.27. The first-order valence-electron chi connectivity index (χ1n) is 10.7. The van der Waals surface area contributed by atoms with Crippen molar-refractivity contribution in [1.29, 1.82) is 0 Å². The van der Waals surface area contributed by atoms with Gasteiger partial charge in [-0.05, 0) is 47.7 Å². The third kappa shape index (κ3) is 7.73. The number of halogens is 3. The molecule has 0 radical (unpaired) electrons. The number of nitrogens with one attached hydrogen (secondary N) is 2. The van der Waals surface area contributed by atoms with Gasteiger partial charge in [-0.3, -0.25) is 4.79 Å². The summed E-state index contributed by atoms with van der Waals surface area (Å²) in [5, 5.41) is 17.8. The third-order valence-electron chi connectivity index (χ3n) is 4.69. The average molecular weight is 493 g/mol. The molecule has 0 bridgehead atoms. The van der Waals surface area contributed by atoms with Crippen LogP contribution in [-0.2, 0) is 22.7 Å². The zero-order valence-electron chi connectivity index (χ0n) is 19.0. The molecule has 0 atom stereocenters. The maximum absolute atomic E-state index is 12.8. The van der Waals surface area contributed by atoms with Crippen molar-refractivity contribution >= 4 is 17.3 Å². The van der Waals surface area contributed by atoms with E-state index in [9.17, 15) is 18.0 Å². The molecule has 3 aromatic rings. The highest BCUT2D eigenvalue weighted by atomic mass is 19.4. The molecule has 0 saturated carbocycles. The Morgan fingerprint density at radius 2 is 1.77 bits per heavy atom. The smallest absolute Gasteiger partial charge is 0.378 e. The molecule has 1 amide bonds. The standard InChI is InChI=1S/C22H26F3N7O3/c1-32-30-20(29-31-32)18-14-15(21(33)27-9-11-35-13-12-34-10-8-26)2-7-19(18)28-17-5-3-16(4-6-17)22(23,24)25/h2-7,14,28H,8-13,26H2,1H3,(H,27,33). The van der Waals surface area contributed by atoms with Crippen molar-refractivity contribution in [3.05, 3.63) is 53.6 Å². The molecule has 13 heteroatoms. The van der Waals surface area contributed by atoms with Crippen molar-refractivity contribution in [2.45, 2.75) is 6.18 Å². The second-order valence-electron chi connectivity index (χ2n) is 7.33. The van der Waals surface area contributed by atoms with Crippen LogP contribution in [0, 0.1) is 0 Å². The van der Waals surface area contributed by atoms with Crippen LogP contribution in [0.4, 0.5) is 24.5 Å². The van der Waals surface area contributed by atoms with E-state index in [0.29, 0.717) is 62.0 Å². The molecule has 1 aromatic heterocycles. The Bertz CT molecular complexity index is 1100. The molecule has 3 rings (SSSR count). The van der Waals surface area contributed by atoms with Crippen LogP contribution in [0.25, 0.3) is 11.4 Å². The number of ether oxygens (including phenoxy) is 2. The number of benzene rings is 2. The summed E-state index contributed by atoms with van der Waals surface area (Å²) in [5.41, 5.74) is 6.30. The van der Waals surface area contributed by atoms with E-state index in [1.165, 1.54) is 16.9 Å². The Morgan fingerprint density at radius 1 is 1.06 bits per heavy atom. The summed E-state index contributed by atoms with van der Waals surface area (Å²) >= 11 is 0. The molecule has 0 aliphatic rings. The molecular weight excluding hydrogens is 467 g/mol. The first-order chi connectivity index (χ1) is 16.8. The van der Waals surface area contributed by atoms with Gasteiger partial charge in [-0.2, -0.15) is 18.0 Å². The van der Waals surface area contributed by atoms with Crippen LogP contribution >= 0.6 is 0 Å². The van der Waals surface area contributed by atoms with Gasteiger partial charge >= 0.3 is 6.18 Å². The largest absolute Gasteiger partial charge is 0.416 e. The molecular formula is C22H26F3N7O3. The number of hydrogen-bond acceptors (Lipinski definition) is 8. The van der Waals surface area contributed by atoms with Crippen LogP contribution in [0.2, 0.25) is 0 Å². The lowest BCUT2D eigenvalue weighted by molar-refractivity contribution is -0.137. The predicted molar refractivity (Wildman–Crippen MR) is 122 cm³/mol. The third-order valence-corrected chi connectivity index (χ3v) is 4.69. The number of aromatic nitrogens is 4. The van der Waals surface area contributed by atoms with Crippen LogP contribution < -0.4 is 16.4 Å². The van der Waals surface area contributed by atoms with Gasteiger partial charge in [0, 0.05) is 35.6 Å². The number of nitrogens with zero attached hydrogens (tertiary/aromatic N) is 4. The number of rotatable bonds is 12. The molecule has 35 heavy (non-hydrogen) atoms. The molecule has 0 fully saturated rings. The molecule has 0 unspecified atom stereocenters. The minimum absolute atomic E-state index is 0.248. The van der Waals surface area contributed by atoms with Crippen molar-refractivity contribution < 1.29 is 27.4 Å². The van der Waals surface area contributed by atoms with E-state index in [0.717, 1.165) is 12.1 Å². The maximum atomic E-state index is 12.8. The summed E-state index contributed by atoms with van der Waals surface area (Å²) in [6.07, 6.45) is -4.43. The molecule has 10 nitrogen and oxygen atoms in total. The highest BCUT2D eigenvalue weighted by Crippen LogP contribution is 2.32. The molecule has 4 N–H and O–H groups in total. The second-order valence-corrected chi connectivity index (χ2v) is 7.33. The van der Waals surface area contributed by atoms with Gasteiger partial charge in [0.15, 0.2) is 0 Å². The minimum atomic E-state index is -4.43. The van der Waals surface area contributed by atoms with Gasteiger partial charge in [-0.25, -0.2) is 0 Å². The van der Waals surface area contributed by atoms with E-state index in [-0.39, 0.29) is 11.7 Å². The summed E-state index contributed by atoms with van der Waals surface area (Å²) < 4.78 is 49.1. The fourth-order valence-corrected chi connectivity index (χ4v) is 3.01. The molecule has 0 aliphatic heterocycles. The molecule has 188 valence electrons. The number of amides is 1. The molecule has 0 saturated heterocycles.